The van der Waals surface area contributed by atoms with Crippen LogP contribution in [0.1, 0.15) is 64.9 Å². The van der Waals surface area contributed by atoms with E-state index in [0.29, 0.717) is 0 Å². The van der Waals surface area contributed by atoms with Gasteiger partial charge in [-0.1, -0.05) is 82.3 Å². The molecule has 0 aliphatic rings. The van der Waals surface area contributed by atoms with Gasteiger partial charge < -0.3 is 0 Å². The molecule has 18 heavy (non-hydrogen) atoms. The minimum absolute atomic E-state index is 0.962. The average Bonchev–Trinajstić information content (AvgIpc) is 2.43. The molecule has 0 bridgehead atoms. The number of terminal acetylenes is 1. The summed E-state index contributed by atoms with van der Waals surface area (Å²) in [7, 11) is 0. The highest BCUT2D eigenvalue weighted by molar-refractivity contribution is 5.11. The second kappa shape index (κ2) is 18.2. The van der Waals surface area contributed by atoms with Gasteiger partial charge in [0.2, 0.25) is 0 Å². The van der Waals surface area contributed by atoms with Crippen molar-refractivity contribution < 1.29 is 0 Å². The number of rotatable bonds is 5. The summed E-state index contributed by atoms with van der Waals surface area (Å²) in [5.41, 5.74) is 1.32. The highest BCUT2D eigenvalue weighted by atomic mass is 13.9. The van der Waals surface area contributed by atoms with Crippen LogP contribution in [0.15, 0.2) is 30.3 Å². The largest absolute Gasteiger partial charge is 0.120 e. The van der Waals surface area contributed by atoms with Gasteiger partial charge in [-0.3, -0.25) is 0 Å². The number of unbranched alkanes of at least 4 members (excludes halogenated alkanes) is 5. The number of benzene rings is 1. The number of aryl methyl sites for hydroxylation is 1. The standard InChI is InChI=1S/C9H16.C7H8.C2H6/c1-3-5-7-9-8-6-4-2;1-7-5-3-2-4-6-7;1-2/h1H,4-9H2,2H3;2-6H,1H3;1-2H3. The van der Waals surface area contributed by atoms with Crippen LogP contribution in [0.25, 0.3) is 0 Å². The van der Waals surface area contributed by atoms with E-state index in [1.54, 1.807) is 0 Å². The van der Waals surface area contributed by atoms with Crippen LogP contribution in [0.5, 0.6) is 0 Å². The Kier molecular flexibility index (Phi) is 19.3. The zero-order chi connectivity index (χ0) is 14.1. The fourth-order valence-corrected chi connectivity index (χ4v) is 1.36. The molecule has 0 amide bonds. The van der Waals surface area contributed by atoms with E-state index in [4.69, 9.17) is 6.42 Å². The van der Waals surface area contributed by atoms with E-state index < -0.39 is 0 Å². The lowest BCUT2D eigenvalue weighted by Crippen LogP contribution is -1.75. The highest BCUT2D eigenvalue weighted by Gasteiger charge is 1.84. The molecule has 0 heteroatoms. The predicted octanol–water partition coefficient (Wildman–Crippen LogP) is 6.00. The van der Waals surface area contributed by atoms with Gasteiger partial charge in [-0.15, -0.1) is 12.3 Å². The molecule has 1 aromatic carbocycles. The lowest BCUT2D eigenvalue weighted by molar-refractivity contribution is 0.641. The molecule has 0 spiro atoms. The van der Waals surface area contributed by atoms with Crippen molar-refractivity contribution in [1.29, 1.82) is 0 Å². The molecule has 0 atom stereocenters. The average molecular weight is 246 g/mol. The summed E-state index contributed by atoms with van der Waals surface area (Å²) in [5.74, 6) is 2.64. The first kappa shape index (κ1) is 19.1. The molecule has 0 nitrogen and oxygen atoms in total. The van der Waals surface area contributed by atoms with Crippen LogP contribution in [0.3, 0.4) is 0 Å². The maximum atomic E-state index is 5.09. The molecule has 0 aliphatic heterocycles. The van der Waals surface area contributed by atoms with Crippen LogP contribution in [0, 0.1) is 19.3 Å². The van der Waals surface area contributed by atoms with E-state index in [2.05, 4.69) is 31.9 Å². The molecule has 0 fully saturated rings. The molecule has 1 rings (SSSR count). The molecule has 102 valence electrons. The van der Waals surface area contributed by atoms with Crippen molar-refractivity contribution in [3.8, 4) is 12.3 Å². The van der Waals surface area contributed by atoms with Crippen LogP contribution in [0.2, 0.25) is 0 Å². The molecule has 0 aliphatic carbocycles. The monoisotopic (exact) mass is 246 g/mol. The second-order valence-corrected chi connectivity index (χ2v) is 4.02. The van der Waals surface area contributed by atoms with Gasteiger partial charge in [0.1, 0.15) is 0 Å². The van der Waals surface area contributed by atoms with Crippen molar-refractivity contribution >= 4 is 0 Å². The molecule has 0 saturated carbocycles. The molecule has 0 saturated heterocycles. The molecule has 0 heterocycles. The molecular formula is C18H30. The van der Waals surface area contributed by atoms with E-state index in [1.807, 2.05) is 32.0 Å². The summed E-state index contributed by atoms with van der Waals surface area (Å²) in [5, 5.41) is 0. The van der Waals surface area contributed by atoms with E-state index in [9.17, 15) is 0 Å². The Balaban J connectivity index is 0. The van der Waals surface area contributed by atoms with Crippen molar-refractivity contribution in [1.82, 2.24) is 0 Å². The van der Waals surface area contributed by atoms with Crippen molar-refractivity contribution in [2.24, 2.45) is 0 Å². The third kappa shape index (κ3) is 17.2. The first-order valence-electron chi connectivity index (χ1n) is 7.26. The SMILES string of the molecule is C#CCCCCCCC.CC.Cc1ccccc1. The fourth-order valence-electron chi connectivity index (χ4n) is 1.36. The normalized spacial score (nSPS) is 8.17. The molecule has 1 aromatic rings. The van der Waals surface area contributed by atoms with Crippen molar-refractivity contribution in [3.05, 3.63) is 35.9 Å². The van der Waals surface area contributed by atoms with E-state index in [0.717, 1.165) is 6.42 Å². The molecular weight excluding hydrogens is 216 g/mol. The Labute approximate surface area is 115 Å². The lowest BCUT2D eigenvalue weighted by atomic mass is 10.1. The Hall–Kier alpha value is -1.22. The lowest BCUT2D eigenvalue weighted by Gasteiger charge is -1.93. The van der Waals surface area contributed by atoms with Crippen LogP contribution in [-0.2, 0) is 0 Å². The summed E-state index contributed by atoms with van der Waals surface area (Å²) in [6.45, 7) is 8.31. The van der Waals surface area contributed by atoms with Crippen molar-refractivity contribution in [3.63, 3.8) is 0 Å². The Morgan fingerprint density at radius 1 is 0.944 bits per heavy atom. The predicted molar refractivity (Wildman–Crippen MR) is 84.7 cm³/mol. The van der Waals surface area contributed by atoms with Gasteiger partial charge >= 0.3 is 0 Å². The molecule has 0 aromatic heterocycles. The number of hydrogen-bond acceptors (Lipinski definition) is 0. The van der Waals surface area contributed by atoms with Gasteiger partial charge in [-0.05, 0) is 13.3 Å². The third-order valence-electron chi connectivity index (χ3n) is 2.37. The summed E-state index contributed by atoms with van der Waals surface area (Å²) < 4.78 is 0. The summed E-state index contributed by atoms with van der Waals surface area (Å²) >= 11 is 0. The summed E-state index contributed by atoms with van der Waals surface area (Å²) in [4.78, 5) is 0. The maximum absolute atomic E-state index is 5.09. The summed E-state index contributed by atoms with van der Waals surface area (Å²) in [6, 6.07) is 10.3. The van der Waals surface area contributed by atoms with Gasteiger partial charge in [0.05, 0.1) is 0 Å². The van der Waals surface area contributed by atoms with Crippen LogP contribution >= 0.6 is 0 Å². The van der Waals surface area contributed by atoms with Crippen molar-refractivity contribution in [2.75, 3.05) is 0 Å². The van der Waals surface area contributed by atoms with Gasteiger partial charge in [-0.2, -0.15) is 0 Å². The Morgan fingerprint density at radius 2 is 1.50 bits per heavy atom. The van der Waals surface area contributed by atoms with Gasteiger partial charge in [0, 0.05) is 6.42 Å². The zero-order valence-corrected chi connectivity index (χ0v) is 12.7. The van der Waals surface area contributed by atoms with E-state index in [1.165, 1.54) is 37.7 Å². The minimum Gasteiger partial charge on any atom is -0.120 e. The smallest absolute Gasteiger partial charge is 0.00860 e. The van der Waals surface area contributed by atoms with E-state index in [-0.39, 0.29) is 0 Å². The van der Waals surface area contributed by atoms with Crippen LogP contribution in [-0.4, -0.2) is 0 Å². The van der Waals surface area contributed by atoms with Gasteiger partial charge in [-0.25, -0.2) is 0 Å². The topological polar surface area (TPSA) is 0 Å². The Bertz CT molecular complexity index is 266. The highest BCUT2D eigenvalue weighted by Crippen LogP contribution is 2.03. The molecule has 0 N–H and O–H groups in total. The van der Waals surface area contributed by atoms with Crippen molar-refractivity contribution in [2.45, 2.75) is 66.2 Å². The van der Waals surface area contributed by atoms with E-state index >= 15 is 0 Å². The minimum atomic E-state index is 0.962. The van der Waals surface area contributed by atoms with Gasteiger partial charge in [0.15, 0.2) is 0 Å². The zero-order valence-electron chi connectivity index (χ0n) is 12.7. The first-order valence-corrected chi connectivity index (χ1v) is 7.26. The first-order chi connectivity index (χ1) is 8.81. The van der Waals surface area contributed by atoms with Crippen LogP contribution in [0.4, 0.5) is 0 Å². The maximum Gasteiger partial charge on any atom is 0.00860 e. The third-order valence-corrected chi connectivity index (χ3v) is 2.37. The second-order valence-electron chi connectivity index (χ2n) is 4.02. The summed E-state index contributed by atoms with van der Waals surface area (Å²) in [6.07, 6.45) is 12.6. The number of hydrogen-bond donors (Lipinski definition) is 0. The Morgan fingerprint density at radius 3 is 1.89 bits per heavy atom. The fraction of sp³-hybridized carbons (Fsp3) is 0.556. The molecule has 0 unspecified atom stereocenters. The van der Waals surface area contributed by atoms with Gasteiger partial charge in [0.25, 0.3) is 0 Å². The molecule has 0 radical (unpaired) electrons. The van der Waals surface area contributed by atoms with Crippen LogP contribution < -0.4 is 0 Å². The quantitative estimate of drug-likeness (QED) is 0.441.